The number of hydrogen-bond donors (Lipinski definition) is 2. The summed E-state index contributed by atoms with van der Waals surface area (Å²) in [6.45, 7) is 4.46. The molecule has 1 aromatic heterocycles. The molecule has 19 heavy (non-hydrogen) atoms. The molecule has 0 aliphatic rings. The molecule has 5 nitrogen and oxygen atoms in total. The summed E-state index contributed by atoms with van der Waals surface area (Å²) in [6.07, 6.45) is 0. The highest BCUT2D eigenvalue weighted by Crippen LogP contribution is 2.25. The number of halogens is 1. The van der Waals surface area contributed by atoms with Gasteiger partial charge in [0, 0.05) is 16.7 Å². The van der Waals surface area contributed by atoms with Gasteiger partial charge < -0.3 is 11.1 Å². The van der Waals surface area contributed by atoms with Gasteiger partial charge in [-0.2, -0.15) is 5.10 Å². The van der Waals surface area contributed by atoms with Crippen molar-refractivity contribution in [1.82, 2.24) is 9.78 Å². The van der Waals surface area contributed by atoms with E-state index in [0.717, 1.165) is 10.2 Å². The Hall–Kier alpha value is -1.82. The first kappa shape index (κ1) is 13.6. The Balaban J connectivity index is 2.25. The van der Waals surface area contributed by atoms with Crippen molar-refractivity contribution in [1.29, 1.82) is 0 Å². The molecule has 0 unspecified atom stereocenters. The Morgan fingerprint density at radius 3 is 2.84 bits per heavy atom. The molecule has 0 spiro atoms. The summed E-state index contributed by atoms with van der Waals surface area (Å²) in [6, 6.07) is 7.02. The van der Waals surface area contributed by atoms with Crippen molar-refractivity contribution in [3.8, 4) is 0 Å². The van der Waals surface area contributed by atoms with Crippen LogP contribution in [0.25, 0.3) is 0 Å². The fraction of sp³-hybridized carbons (Fsp3) is 0.231. The zero-order chi connectivity index (χ0) is 14.0. The van der Waals surface area contributed by atoms with E-state index in [-0.39, 0.29) is 5.91 Å². The number of benzene rings is 1. The van der Waals surface area contributed by atoms with Gasteiger partial charge in [-0.05, 0) is 54.0 Å². The van der Waals surface area contributed by atoms with Crippen LogP contribution in [0.5, 0.6) is 0 Å². The molecule has 0 aliphatic heterocycles. The Morgan fingerprint density at radius 2 is 2.21 bits per heavy atom. The molecule has 1 aromatic carbocycles. The van der Waals surface area contributed by atoms with Gasteiger partial charge >= 0.3 is 0 Å². The van der Waals surface area contributed by atoms with E-state index in [1.54, 1.807) is 28.9 Å². The predicted molar refractivity (Wildman–Crippen MR) is 79.1 cm³/mol. The second-order valence-electron chi connectivity index (χ2n) is 4.18. The summed E-state index contributed by atoms with van der Waals surface area (Å²) in [5.74, 6) is -0.187. The van der Waals surface area contributed by atoms with Crippen LogP contribution in [0, 0.1) is 6.92 Å². The van der Waals surface area contributed by atoms with E-state index in [0.29, 0.717) is 23.6 Å². The molecule has 0 atom stereocenters. The third-order valence-corrected chi connectivity index (χ3v) is 3.33. The SMILES string of the molecule is CCn1nc(C)cc1C(=O)Nc1ccc(N)cc1Br. The van der Waals surface area contributed by atoms with Crippen LogP contribution in [0.3, 0.4) is 0 Å². The smallest absolute Gasteiger partial charge is 0.273 e. The summed E-state index contributed by atoms with van der Waals surface area (Å²) in [5.41, 5.74) is 8.35. The molecule has 1 heterocycles. The van der Waals surface area contributed by atoms with Crippen molar-refractivity contribution in [2.75, 3.05) is 11.1 Å². The number of carbonyl (C=O) groups excluding carboxylic acids is 1. The van der Waals surface area contributed by atoms with Gasteiger partial charge in [-0.25, -0.2) is 0 Å². The predicted octanol–water partition coefficient (Wildman–Crippen LogP) is 2.81. The standard InChI is InChI=1S/C13H15BrN4O/c1-3-18-12(6-8(2)17-18)13(19)16-11-5-4-9(15)7-10(11)14/h4-7H,3,15H2,1-2H3,(H,16,19). The average molecular weight is 323 g/mol. The van der Waals surface area contributed by atoms with Gasteiger partial charge in [0.1, 0.15) is 5.69 Å². The lowest BCUT2D eigenvalue weighted by Crippen LogP contribution is -2.17. The molecule has 3 N–H and O–H groups in total. The molecular formula is C13H15BrN4O. The van der Waals surface area contributed by atoms with Crippen LogP contribution in [-0.4, -0.2) is 15.7 Å². The number of nitrogens with one attached hydrogen (secondary N) is 1. The van der Waals surface area contributed by atoms with E-state index in [1.807, 2.05) is 13.8 Å². The van der Waals surface area contributed by atoms with Crippen molar-refractivity contribution in [3.63, 3.8) is 0 Å². The second kappa shape index (κ2) is 5.44. The Bertz CT molecular complexity index is 621. The molecule has 0 aliphatic carbocycles. The molecule has 2 aromatic rings. The molecule has 6 heteroatoms. The average Bonchev–Trinajstić information content (AvgIpc) is 2.74. The summed E-state index contributed by atoms with van der Waals surface area (Å²) in [7, 11) is 0. The van der Waals surface area contributed by atoms with Crippen LogP contribution in [0.4, 0.5) is 11.4 Å². The van der Waals surface area contributed by atoms with Crippen LogP contribution in [0.1, 0.15) is 23.1 Å². The number of nitrogen functional groups attached to an aromatic ring is 1. The van der Waals surface area contributed by atoms with Crippen molar-refractivity contribution in [2.45, 2.75) is 20.4 Å². The van der Waals surface area contributed by atoms with E-state index >= 15 is 0 Å². The minimum Gasteiger partial charge on any atom is -0.399 e. The zero-order valence-corrected chi connectivity index (χ0v) is 12.4. The number of nitrogens with zero attached hydrogens (tertiary/aromatic N) is 2. The maximum Gasteiger partial charge on any atom is 0.273 e. The van der Waals surface area contributed by atoms with Crippen LogP contribution < -0.4 is 11.1 Å². The topological polar surface area (TPSA) is 72.9 Å². The lowest BCUT2D eigenvalue weighted by atomic mass is 10.2. The largest absolute Gasteiger partial charge is 0.399 e. The van der Waals surface area contributed by atoms with Crippen LogP contribution >= 0.6 is 15.9 Å². The normalized spacial score (nSPS) is 10.5. The number of hydrogen-bond acceptors (Lipinski definition) is 3. The summed E-state index contributed by atoms with van der Waals surface area (Å²) in [5, 5.41) is 7.09. The van der Waals surface area contributed by atoms with Crippen molar-refractivity contribution >= 4 is 33.2 Å². The highest BCUT2D eigenvalue weighted by Gasteiger charge is 2.14. The van der Waals surface area contributed by atoms with Gasteiger partial charge in [-0.1, -0.05) is 0 Å². The van der Waals surface area contributed by atoms with Gasteiger partial charge in [-0.15, -0.1) is 0 Å². The Morgan fingerprint density at radius 1 is 1.47 bits per heavy atom. The molecule has 2 rings (SSSR count). The Kier molecular flexibility index (Phi) is 3.90. The molecule has 100 valence electrons. The fourth-order valence-corrected chi connectivity index (χ4v) is 2.28. The molecule has 0 radical (unpaired) electrons. The van der Waals surface area contributed by atoms with Gasteiger partial charge in [0.2, 0.25) is 0 Å². The minimum absolute atomic E-state index is 0.187. The zero-order valence-electron chi connectivity index (χ0n) is 10.8. The van der Waals surface area contributed by atoms with Crippen molar-refractivity contribution < 1.29 is 4.79 Å². The first-order chi connectivity index (χ1) is 9.01. The number of carbonyl (C=O) groups is 1. The monoisotopic (exact) mass is 322 g/mol. The molecular weight excluding hydrogens is 308 g/mol. The van der Waals surface area contributed by atoms with Gasteiger partial charge in [0.15, 0.2) is 0 Å². The van der Waals surface area contributed by atoms with Crippen LogP contribution in [0.15, 0.2) is 28.7 Å². The number of anilines is 2. The molecule has 0 bridgehead atoms. The van der Waals surface area contributed by atoms with E-state index in [9.17, 15) is 4.79 Å². The van der Waals surface area contributed by atoms with E-state index in [2.05, 4.69) is 26.3 Å². The quantitative estimate of drug-likeness (QED) is 0.853. The van der Waals surface area contributed by atoms with Gasteiger partial charge in [0.05, 0.1) is 11.4 Å². The number of amides is 1. The number of aromatic nitrogens is 2. The lowest BCUT2D eigenvalue weighted by molar-refractivity contribution is 0.101. The minimum atomic E-state index is -0.187. The molecule has 0 saturated heterocycles. The Labute approximate surface area is 119 Å². The summed E-state index contributed by atoms with van der Waals surface area (Å²) in [4.78, 5) is 12.2. The fourth-order valence-electron chi connectivity index (χ4n) is 1.79. The van der Waals surface area contributed by atoms with Gasteiger partial charge in [-0.3, -0.25) is 9.48 Å². The highest BCUT2D eigenvalue weighted by atomic mass is 79.9. The third-order valence-electron chi connectivity index (χ3n) is 2.68. The van der Waals surface area contributed by atoms with E-state index in [4.69, 9.17) is 5.73 Å². The van der Waals surface area contributed by atoms with E-state index in [1.165, 1.54) is 0 Å². The molecule has 0 fully saturated rings. The second-order valence-corrected chi connectivity index (χ2v) is 5.03. The third kappa shape index (κ3) is 2.96. The van der Waals surface area contributed by atoms with Crippen LogP contribution in [-0.2, 0) is 6.54 Å². The maximum atomic E-state index is 12.2. The number of aryl methyl sites for hydroxylation is 2. The summed E-state index contributed by atoms with van der Waals surface area (Å²) < 4.78 is 2.43. The van der Waals surface area contributed by atoms with Crippen LogP contribution in [0.2, 0.25) is 0 Å². The number of nitrogens with two attached hydrogens (primary N) is 1. The maximum absolute atomic E-state index is 12.2. The highest BCUT2D eigenvalue weighted by molar-refractivity contribution is 9.10. The van der Waals surface area contributed by atoms with Crippen molar-refractivity contribution in [3.05, 3.63) is 40.1 Å². The van der Waals surface area contributed by atoms with Crippen molar-refractivity contribution in [2.24, 2.45) is 0 Å². The number of rotatable bonds is 3. The molecule has 0 saturated carbocycles. The summed E-state index contributed by atoms with van der Waals surface area (Å²) >= 11 is 3.37. The first-order valence-electron chi connectivity index (χ1n) is 5.92. The lowest BCUT2D eigenvalue weighted by Gasteiger charge is -2.08. The first-order valence-corrected chi connectivity index (χ1v) is 6.71. The molecule has 1 amide bonds. The van der Waals surface area contributed by atoms with Gasteiger partial charge in [0.25, 0.3) is 5.91 Å². The van der Waals surface area contributed by atoms with E-state index < -0.39 is 0 Å².